The van der Waals surface area contributed by atoms with E-state index in [4.69, 9.17) is 10.5 Å². The van der Waals surface area contributed by atoms with Gasteiger partial charge in [-0.2, -0.15) is 0 Å². The van der Waals surface area contributed by atoms with Crippen LogP contribution in [0.2, 0.25) is 0 Å². The second-order valence-electron chi connectivity index (χ2n) is 5.96. The third-order valence-electron chi connectivity index (χ3n) is 4.13. The Morgan fingerprint density at radius 3 is 2.32 bits per heavy atom. The highest BCUT2D eigenvalue weighted by atomic mass is 16.5. The molecule has 2 N–H and O–H groups in total. The van der Waals surface area contributed by atoms with Crippen LogP contribution in [-0.2, 0) is 6.42 Å². The molecule has 2 rings (SSSR count). The van der Waals surface area contributed by atoms with E-state index in [0.717, 1.165) is 18.6 Å². The van der Waals surface area contributed by atoms with Crippen molar-refractivity contribution in [3.63, 3.8) is 0 Å². The largest absolute Gasteiger partial charge is 0.490 e. The van der Waals surface area contributed by atoms with Crippen LogP contribution >= 0.6 is 0 Å². The highest BCUT2D eigenvalue weighted by molar-refractivity contribution is 5.43. The molecule has 1 saturated carbocycles. The molecule has 1 fully saturated rings. The summed E-state index contributed by atoms with van der Waals surface area (Å²) in [7, 11) is 0. The Bertz CT molecular complexity index is 398. The molecule has 1 atom stereocenters. The number of aryl methyl sites for hydroxylation is 2. The quantitative estimate of drug-likeness (QED) is 0.872. The van der Waals surface area contributed by atoms with Crippen LogP contribution in [0, 0.1) is 13.8 Å². The van der Waals surface area contributed by atoms with E-state index in [1.807, 2.05) is 0 Å². The Kier molecular flexibility index (Phi) is 4.87. The first-order valence-electron chi connectivity index (χ1n) is 7.62. The maximum atomic E-state index is 6.19. The summed E-state index contributed by atoms with van der Waals surface area (Å²) < 4.78 is 6.19. The lowest BCUT2D eigenvalue weighted by molar-refractivity contribution is 0.207. The zero-order valence-corrected chi connectivity index (χ0v) is 12.5. The maximum Gasteiger partial charge on any atom is 0.125 e. The highest BCUT2D eigenvalue weighted by Crippen LogP contribution is 2.30. The van der Waals surface area contributed by atoms with Crippen molar-refractivity contribution in [3.8, 4) is 5.75 Å². The van der Waals surface area contributed by atoms with Crippen molar-refractivity contribution < 1.29 is 4.74 Å². The molecule has 19 heavy (non-hydrogen) atoms. The number of nitrogens with two attached hydrogens (primary N) is 1. The summed E-state index contributed by atoms with van der Waals surface area (Å²) in [6.45, 7) is 6.44. The van der Waals surface area contributed by atoms with Crippen LogP contribution in [0.3, 0.4) is 0 Å². The number of benzene rings is 1. The van der Waals surface area contributed by atoms with Crippen LogP contribution < -0.4 is 10.5 Å². The van der Waals surface area contributed by atoms with Crippen LogP contribution in [0.25, 0.3) is 0 Å². The Hall–Kier alpha value is -1.02. The lowest BCUT2D eigenvalue weighted by atomic mass is 9.99. The van der Waals surface area contributed by atoms with Gasteiger partial charge in [0.1, 0.15) is 5.75 Å². The smallest absolute Gasteiger partial charge is 0.125 e. The van der Waals surface area contributed by atoms with E-state index in [-0.39, 0.29) is 6.04 Å². The van der Waals surface area contributed by atoms with E-state index in [1.165, 1.54) is 42.4 Å². The second-order valence-corrected chi connectivity index (χ2v) is 5.96. The van der Waals surface area contributed by atoms with Crippen molar-refractivity contribution in [2.75, 3.05) is 0 Å². The van der Waals surface area contributed by atoms with Gasteiger partial charge in [0.25, 0.3) is 0 Å². The topological polar surface area (TPSA) is 35.2 Å². The molecule has 0 radical (unpaired) electrons. The minimum absolute atomic E-state index is 0.264. The van der Waals surface area contributed by atoms with Crippen molar-refractivity contribution >= 4 is 0 Å². The Labute approximate surface area is 117 Å². The summed E-state index contributed by atoms with van der Waals surface area (Å²) >= 11 is 0. The molecule has 1 aliphatic carbocycles. The Balaban J connectivity index is 2.12. The first kappa shape index (κ1) is 14.4. The fourth-order valence-electron chi connectivity index (χ4n) is 2.96. The fourth-order valence-corrected chi connectivity index (χ4v) is 2.96. The van der Waals surface area contributed by atoms with Crippen LogP contribution in [0.15, 0.2) is 12.1 Å². The molecule has 106 valence electrons. The zero-order valence-electron chi connectivity index (χ0n) is 12.5. The molecule has 0 saturated heterocycles. The summed E-state index contributed by atoms with van der Waals surface area (Å²) in [5, 5.41) is 0. The van der Waals surface area contributed by atoms with Crippen molar-refractivity contribution in [3.05, 3.63) is 28.8 Å². The summed E-state index contributed by atoms with van der Waals surface area (Å²) in [5.41, 5.74) is 9.89. The van der Waals surface area contributed by atoms with Gasteiger partial charge in [-0.3, -0.25) is 0 Å². The average Bonchev–Trinajstić information content (AvgIpc) is 2.86. The third-order valence-corrected chi connectivity index (χ3v) is 4.13. The van der Waals surface area contributed by atoms with Gasteiger partial charge in [0.2, 0.25) is 0 Å². The molecule has 1 unspecified atom stereocenters. The fraction of sp³-hybridized carbons (Fsp3) is 0.647. The van der Waals surface area contributed by atoms with Crippen molar-refractivity contribution in [1.82, 2.24) is 0 Å². The second kappa shape index (κ2) is 6.42. The minimum Gasteiger partial charge on any atom is -0.490 e. The molecule has 2 heteroatoms. The highest BCUT2D eigenvalue weighted by Gasteiger charge is 2.18. The molecule has 0 bridgehead atoms. The SMILES string of the molecule is CCC(N)Cc1cc(C)c(OC2CCCC2)c(C)c1. The van der Waals surface area contributed by atoms with Gasteiger partial charge in [0.15, 0.2) is 0 Å². The Morgan fingerprint density at radius 1 is 1.21 bits per heavy atom. The molecular weight excluding hydrogens is 234 g/mol. The first-order valence-corrected chi connectivity index (χ1v) is 7.62. The van der Waals surface area contributed by atoms with Gasteiger partial charge in [-0.25, -0.2) is 0 Å². The molecule has 0 aliphatic heterocycles. The molecule has 0 heterocycles. The molecular formula is C17H27NO. The Morgan fingerprint density at radius 2 is 1.79 bits per heavy atom. The normalized spacial score (nSPS) is 17.7. The van der Waals surface area contributed by atoms with E-state index in [1.54, 1.807) is 0 Å². The predicted molar refractivity (Wildman–Crippen MR) is 80.8 cm³/mol. The van der Waals surface area contributed by atoms with Gasteiger partial charge < -0.3 is 10.5 Å². The van der Waals surface area contributed by atoms with Crippen LogP contribution in [0.1, 0.15) is 55.7 Å². The molecule has 2 nitrogen and oxygen atoms in total. The number of hydrogen-bond acceptors (Lipinski definition) is 2. The first-order chi connectivity index (χ1) is 9.10. The third kappa shape index (κ3) is 3.73. The van der Waals surface area contributed by atoms with E-state index >= 15 is 0 Å². The number of hydrogen-bond donors (Lipinski definition) is 1. The summed E-state index contributed by atoms with van der Waals surface area (Å²) in [5.74, 6) is 1.10. The van der Waals surface area contributed by atoms with Gasteiger partial charge in [0.05, 0.1) is 6.10 Å². The van der Waals surface area contributed by atoms with Gasteiger partial charge in [0, 0.05) is 6.04 Å². The number of rotatable bonds is 5. The lowest BCUT2D eigenvalue weighted by Gasteiger charge is -2.19. The van der Waals surface area contributed by atoms with Gasteiger partial charge in [-0.1, -0.05) is 19.1 Å². The van der Waals surface area contributed by atoms with Crippen molar-refractivity contribution in [2.45, 2.75) is 71.4 Å². The van der Waals surface area contributed by atoms with Crippen LogP contribution in [0.4, 0.5) is 0 Å². The van der Waals surface area contributed by atoms with Gasteiger partial charge in [-0.05, 0) is 69.1 Å². The molecule has 0 aromatic heterocycles. The molecule has 0 amide bonds. The standard InChI is InChI=1S/C17H27NO/c1-4-15(18)11-14-9-12(2)17(13(3)10-14)19-16-7-5-6-8-16/h9-10,15-16H,4-8,11,18H2,1-3H3. The van der Waals surface area contributed by atoms with Crippen LogP contribution in [-0.4, -0.2) is 12.1 Å². The van der Waals surface area contributed by atoms with Crippen molar-refractivity contribution in [2.24, 2.45) is 5.73 Å². The van der Waals surface area contributed by atoms with Gasteiger partial charge >= 0.3 is 0 Å². The molecule has 1 aliphatic rings. The molecule has 0 spiro atoms. The predicted octanol–water partition coefficient (Wildman–Crippen LogP) is 3.90. The zero-order chi connectivity index (χ0) is 13.8. The monoisotopic (exact) mass is 261 g/mol. The maximum absolute atomic E-state index is 6.19. The van der Waals surface area contributed by atoms with Gasteiger partial charge in [-0.15, -0.1) is 0 Å². The lowest BCUT2D eigenvalue weighted by Crippen LogP contribution is -2.21. The van der Waals surface area contributed by atoms with Crippen molar-refractivity contribution in [1.29, 1.82) is 0 Å². The van der Waals surface area contributed by atoms with E-state index in [9.17, 15) is 0 Å². The van der Waals surface area contributed by atoms with E-state index < -0.39 is 0 Å². The summed E-state index contributed by atoms with van der Waals surface area (Å²) in [4.78, 5) is 0. The van der Waals surface area contributed by atoms with Crippen LogP contribution in [0.5, 0.6) is 5.75 Å². The molecule has 1 aromatic carbocycles. The molecule has 1 aromatic rings. The summed E-state index contributed by atoms with van der Waals surface area (Å²) in [6, 6.07) is 4.75. The average molecular weight is 261 g/mol. The minimum atomic E-state index is 0.264. The van der Waals surface area contributed by atoms with E-state index in [0.29, 0.717) is 6.10 Å². The van der Waals surface area contributed by atoms with E-state index in [2.05, 4.69) is 32.9 Å². The summed E-state index contributed by atoms with van der Waals surface area (Å²) in [6.07, 6.45) is 7.46. The number of ether oxygens (including phenoxy) is 1.